The minimum Gasteiger partial charge on any atom is -0.310 e. The maximum absolute atomic E-state index is 2.54. The Morgan fingerprint density at radius 2 is 1.02 bits per heavy atom. The zero-order valence-corrected chi connectivity index (χ0v) is 28.9. The van der Waals surface area contributed by atoms with Crippen molar-refractivity contribution in [3.63, 3.8) is 0 Å². The molecule has 1 fully saturated rings. The SMILES string of the molecule is CC1(C)c2ccccc2-c2cccc(-c3cccc(N(c4ccc5c(c4)C4(CCCCC4)c4ccccc4-5)c4ccc5ccccc5c4)c3)c21. The van der Waals surface area contributed by atoms with Gasteiger partial charge in [0.1, 0.15) is 0 Å². The molecule has 0 bridgehead atoms. The molecule has 3 aliphatic carbocycles. The topological polar surface area (TPSA) is 3.24 Å². The largest absolute Gasteiger partial charge is 0.310 e. The second kappa shape index (κ2) is 11.1. The molecule has 3 aliphatic rings. The minimum atomic E-state index is -0.0835. The normalized spacial score (nSPS) is 16.1. The summed E-state index contributed by atoms with van der Waals surface area (Å²) >= 11 is 0. The standard InChI is InChI=1S/C49H41N/c1-48(2)44-22-8-6-19-41(44)43-21-13-20-39(47(43)48)35-16-12-17-36(31-35)50(37-25-24-33-14-4-5-15-34(33)30-37)38-26-27-42-40-18-7-9-23-45(40)49(46(42)32-38)28-10-3-11-29-49/h4-9,12-27,30-32H,3,10-11,28-29H2,1-2H3. The summed E-state index contributed by atoms with van der Waals surface area (Å²) in [5.74, 6) is 0. The van der Waals surface area contributed by atoms with Crippen LogP contribution in [0.2, 0.25) is 0 Å². The Balaban J connectivity index is 1.17. The van der Waals surface area contributed by atoms with Crippen LogP contribution in [-0.4, -0.2) is 0 Å². The van der Waals surface area contributed by atoms with Gasteiger partial charge in [0.15, 0.2) is 0 Å². The third kappa shape index (κ3) is 4.26. The number of fused-ring (bicyclic) bond motifs is 9. The summed E-state index contributed by atoms with van der Waals surface area (Å²) in [6.07, 6.45) is 6.36. The van der Waals surface area contributed by atoms with Gasteiger partial charge in [-0.25, -0.2) is 0 Å². The lowest BCUT2D eigenvalue weighted by atomic mass is 9.68. The maximum Gasteiger partial charge on any atom is 0.0468 e. The van der Waals surface area contributed by atoms with Gasteiger partial charge in [0.05, 0.1) is 0 Å². The molecule has 0 unspecified atom stereocenters. The van der Waals surface area contributed by atoms with Crippen LogP contribution in [-0.2, 0) is 10.8 Å². The fourth-order valence-corrected chi connectivity index (χ4v) is 9.94. The predicted octanol–water partition coefficient (Wildman–Crippen LogP) is 13.5. The van der Waals surface area contributed by atoms with E-state index in [0.29, 0.717) is 0 Å². The van der Waals surface area contributed by atoms with Gasteiger partial charge in [0, 0.05) is 27.9 Å². The van der Waals surface area contributed by atoms with Gasteiger partial charge in [-0.2, -0.15) is 0 Å². The zero-order valence-electron chi connectivity index (χ0n) is 28.9. The molecule has 0 radical (unpaired) electrons. The molecule has 1 saturated carbocycles. The molecular weight excluding hydrogens is 603 g/mol. The minimum absolute atomic E-state index is 0.0835. The second-order valence-electron chi connectivity index (χ2n) is 15.2. The lowest BCUT2D eigenvalue weighted by Crippen LogP contribution is -2.28. The highest BCUT2D eigenvalue weighted by Gasteiger charge is 2.44. The van der Waals surface area contributed by atoms with E-state index in [1.165, 1.54) is 116 Å². The third-order valence-corrected chi connectivity index (χ3v) is 12.2. The van der Waals surface area contributed by atoms with E-state index in [-0.39, 0.29) is 10.8 Å². The number of benzene rings is 7. The van der Waals surface area contributed by atoms with Crippen molar-refractivity contribution in [3.05, 3.63) is 174 Å². The van der Waals surface area contributed by atoms with Gasteiger partial charge in [-0.15, -0.1) is 0 Å². The van der Waals surface area contributed by atoms with Gasteiger partial charge >= 0.3 is 0 Å². The lowest BCUT2D eigenvalue weighted by molar-refractivity contribution is 0.353. The molecule has 0 atom stereocenters. The smallest absolute Gasteiger partial charge is 0.0468 e. The highest BCUT2D eigenvalue weighted by Crippen LogP contribution is 2.57. The molecule has 0 aromatic heterocycles. The summed E-state index contributed by atoms with van der Waals surface area (Å²) in [6.45, 7) is 4.77. The summed E-state index contributed by atoms with van der Waals surface area (Å²) in [5.41, 5.74) is 17.6. The summed E-state index contributed by atoms with van der Waals surface area (Å²) in [7, 11) is 0. The van der Waals surface area contributed by atoms with Gasteiger partial charge in [-0.05, 0) is 116 Å². The third-order valence-electron chi connectivity index (χ3n) is 12.2. The first kappa shape index (κ1) is 29.5. The molecule has 7 aromatic rings. The van der Waals surface area contributed by atoms with Gasteiger partial charge in [-0.1, -0.05) is 148 Å². The lowest BCUT2D eigenvalue weighted by Gasteiger charge is -2.36. The van der Waals surface area contributed by atoms with Crippen LogP contribution in [0.15, 0.2) is 152 Å². The molecule has 0 saturated heterocycles. The Bertz CT molecular complexity index is 2460. The van der Waals surface area contributed by atoms with Crippen molar-refractivity contribution in [2.75, 3.05) is 4.90 Å². The summed E-state index contributed by atoms with van der Waals surface area (Å²) in [5, 5.41) is 2.51. The molecule has 0 aliphatic heterocycles. The van der Waals surface area contributed by atoms with Crippen LogP contribution in [0.1, 0.15) is 68.2 Å². The van der Waals surface area contributed by atoms with Crippen molar-refractivity contribution in [1.82, 2.24) is 0 Å². The average molecular weight is 644 g/mol. The summed E-state index contributed by atoms with van der Waals surface area (Å²) in [4.78, 5) is 2.50. The maximum atomic E-state index is 2.54. The van der Waals surface area contributed by atoms with Crippen molar-refractivity contribution in [1.29, 1.82) is 0 Å². The average Bonchev–Trinajstić information content (AvgIpc) is 3.57. The first-order valence-corrected chi connectivity index (χ1v) is 18.4. The molecule has 10 rings (SSSR count). The van der Waals surface area contributed by atoms with Gasteiger partial charge in [0.25, 0.3) is 0 Å². The first-order chi connectivity index (χ1) is 24.5. The van der Waals surface area contributed by atoms with Gasteiger partial charge in [0.2, 0.25) is 0 Å². The molecule has 7 aromatic carbocycles. The van der Waals surface area contributed by atoms with Crippen molar-refractivity contribution in [2.45, 2.75) is 56.8 Å². The number of rotatable bonds is 4. The molecule has 1 heteroatoms. The van der Waals surface area contributed by atoms with E-state index < -0.39 is 0 Å². The van der Waals surface area contributed by atoms with Gasteiger partial charge < -0.3 is 4.90 Å². The fourth-order valence-electron chi connectivity index (χ4n) is 9.94. The van der Waals surface area contributed by atoms with Crippen LogP contribution in [0, 0.1) is 0 Å². The molecule has 0 heterocycles. The zero-order chi connectivity index (χ0) is 33.5. The van der Waals surface area contributed by atoms with E-state index in [1.54, 1.807) is 0 Å². The molecule has 1 spiro atoms. The van der Waals surface area contributed by atoms with E-state index in [4.69, 9.17) is 0 Å². The van der Waals surface area contributed by atoms with E-state index in [2.05, 4.69) is 170 Å². The molecule has 50 heavy (non-hydrogen) atoms. The molecule has 0 amide bonds. The van der Waals surface area contributed by atoms with E-state index >= 15 is 0 Å². The number of anilines is 3. The Kier molecular flexibility index (Phi) is 6.52. The van der Waals surface area contributed by atoms with Crippen LogP contribution >= 0.6 is 0 Å². The number of hydrogen-bond donors (Lipinski definition) is 0. The molecule has 0 N–H and O–H groups in total. The van der Waals surface area contributed by atoms with Crippen LogP contribution in [0.5, 0.6) is 0 Å². The predicted molar refractivity (Wildman–Crippen MR) is 211 cm³/mol. The quantitative estimate of drug-likeness (QED) is 0.184. The van der Waals surface area contributed by atoms with Crippen LogP contribution in [0.4, 0.5) is 17.1 Å². The van der Waals surface area contributed by atoms with Crippen LogP contribution in [0.25, 0.3) is 44.2 Å². The van der Waals surface area contributed by atoms with Crippen LogP contribution in [0.3, 0.4) is 0 Å². The highest BCUT2D eigenvalue weighted by molar-refractivity contribution is 5.93. The Morgan fingerprint density at radius 3 is 1.86 bits per heavy atom. The van der Waals surface area contributed by atoms with E-state index in [0.717, 1.165) is 0 Å². The number of nitrogens with zero attached hydrogens (tertiary/aromatic N) is 1. The van der Waals surface area contributed by atoms with Crippen LogP contribution < -0.4 is 4.90 Å². The summed E-state index contributed by atoms with van der Waals surface area (Å²) < 4.78 is 0. The summed E-state index contributed by atoms with van der Waals surface area (Å²) in [6, 6.07) is 57.3. The Morgan fingerprint density at radius 1 is 0.420 bits per heavy atom. The van der Waals surface area contributed by atoms with Gasteiger partial charge in [-0.3, -0.25) is 0 Å². The Hall–Kier alpha value is -5.40. The number of hydrogen-bond acceptors (Lipinski definition) is 1. The second-order valence-corrected chi connectivity index (χ2v) is 15.2. The van der Waals surface area contributed by atoms with Crippen molar-refractivity contribution >= 4 is 27.8 Å². The first-order valence-electron chi connectivity index (χ1n) is 18.4. The molecule has 1 nitrogen and oxygen atoms in total. The monoisotopic (exact) mass is 643 g/mol. The van der Waals surface area contributed by atoms with Crippen molar-refractivity contribution in [2.24, 2.45) is 0 Å². The fraction of sp³-hybridized carbons (Fsp3) is 0.184. The van der Waals surface area contributed by atoms with E-state index in [9.17, 15) is 0 Å². The molecular formula is C49H41N. The van der Waals surface area contributed by atoms with E-state index in [1.807, 2.05) is 0 Å². The van der Waals surface area contributed by atoms with Crippen molar-refractivity contribution < 1.29 is 0 Å². The highest BCUT2D eigenvalue weighted by atomic mass is 15.1. The molecule has 242 valence electrons. The van der Waals surface area contributed by atoms with Crippen molar-refractivity contribution in [3.8, 4) is 33.4 Å². The Labute approximate surface area is 295 Å².